The van der Waals surface area contributed by atoms with Gasteiger partial charge in [0.25, 0.3) is 5.91 Å². The van der Waals surface area contributed by atoms with Crippen LogP contribution in [0.4, 0.5) is 15.8 Å². The Hall–Kier alpha value is -2.89. The van der Waals surface area contributed by atoms with Gasteiger partial charge >= 0.3 is 0 Å². The van der Waals surface area contributed by atoms with E-state index in [0.717, 1.165) is 0 Å². The molecule has 2 aromatic rings. The van der Waals surface area contributed by atoms with Crippen LogP contribution in [-0.4, -0.2) is 18.4 Å². The van der Waals surface area contributed by atoms with E-state index in [9.17, 15) is 14.0 Å². The molecule has 2 aromatic carbocycles. The average molecular weight is 300 g/mol. The van der Waals surface area contributed by atoms with Crippen molar-refractivity contribution in [2.75, 3.05) is 17.2 Å². The molecule has 6 heteroatoms. The average Bonchev–Trinajstić information content (AvgIpc) is 2.68. The molecule has 0 saturated heterocycles. The molecule has 5 nitrogen and oxygen atoms in total. The van der Waals surface area contributed by atoms with Crippen molar-refractivity contribution in [2.45, 2.75) is 6.42 Å². The molecule has 0 saturated carbocycles. The van der Waals surface area contributed by atoms with Crippen LogP contribution in [0.25, 0.3) is 0 Å². The second-order valence-electron chi connectivity index (χ2n) is 4.82. The van der Waals surface area contributed by atoms with Gasteiger partial charge in [0.15, 0.2) is 0 Å². The van der Waals surface area contributed by atoms with Crippen molar-refractivity contribution in [3.05, 3.63) is 53.8 Å². The first-order chi connectivity index (χ1) is 10.6. The lowest BCUT2D eigenvalue weighted by molar-refractivity contribution is -0.116. The molecule has 0 fully saturated rings. The van der Waals surface area contributed by atoms with Crippen LogP contribution < -0.4 is 15.4 Å². The molecule has 0 bridgehead atoms. The summed E-state index contributed by atoms with van der Waals surface area (Å²) in [7, 11) is 0. The lowest BCUT2D eigenvalue weighted by Crippen LogP contribution is -2.13. The van der Waals surface area contributed by atoms with Gasteiger partial charge in [0.2, 0.25) is 5.91 Å². The molecular formula is C16H13FN2O3. The van der Waals surface area contributed by atoms with Gasteiger partial charge in [-0.3, -0.25) is 9.59 Å². The SMILES string of the molecule is O=C1CCOc2ccc(NC(=O)c3ccc(F)cc3)cc2N1. The van der Waals surface area contributed by atoms with E-state index < -0.39 is 5.82 Å². The maximum atomic E-state index is 12.9. The lowest BCUT2D eigenvalue weighted by Gasteiger charge is -2.10. The Kier molecular flexibility index (Phi) is 3.74. The molecule has 2 N–H and O–H groups in total. The third kappa shape index (κ3) is 3.06. The second kappa shape index (κ2) is 5.85. The third-order valence-corrected chi connectivity index (χ3v) is 3.20. The quantitative estimate of drug-likeness (QED) is 0.896. The molecule has 22 heavy (non-hydrogen) atoms. The van der Waals surface area contributed by atoms with Crippen molar-refractivity contribution >= 4 is 23.2 Å². The predicted octanol–water partition coefficient (Wildman–Crippen LogP) is 2.80. The number of hydrogen-bond acceptors (Lipinski definition) is 3. The monoisotopic (exact) mass is 300 g/mol. The lowest BCUT2D eigenvalue weighted by atomic mass is 10.2. The normalized spacial score (nSPS) is 13.4. The highest BCUT2D eigenvalue weighted by Gasteiger charge is 2.15. The van der Waals surface area contributed by atoms with Gasteiger partial charge in [0, 0.05) is 11.3 Å². The van der Waals surface area contributed by atoms with Gasteiger partial charge in [-0.1, -0.05) is 0 Å². The van der Waals surface area contributed by atoms with E-state index in [2.05, 4.69) is 10.6 Å². The van der Waals surface area contributed by atoms with E-state index >= 15 is 0 Å². The maximum absolute atomic E-state index is 12.9. The van der Waals surface area contributed by atoms with E-state index in [-0.39, 0.29) is 18.2 Å². The van der Waals surface area contributed by atoms with Gasteiger partial charge in [0.1, 0.15) is 11.6 Å². The summed E-state index contributed by atoms with van der Waals surface area (Å²) in [5, 5.41) is 5.41. The van der Waals surface area contributed by atoms with Gasteiger partial charge in [0.05, 0.1) is 18.7 Å². The van der Waals surface area contributed by atoms with E-state index in [1.165, 1.54) is 24.3 Å². The number of nitrogens with one attached hydrogen (secondary N) is 2. The number of amides is 2. The topological polar surface area (TPSA) is 67.4 Å². The third-order valence-electron chi connectivity index (χ3n) is 3.20. The zero-order valence-corrected chi connectivity index (χ0v) is 11.6. The number of ether oxygens (including phenoxy) is 1. The van der Waals surface area contributed by atoms with Crippen molar-refractivity contribution in [2.24, 2.45) is 0 Å². The zero-order chi connectivity index (χ0) is 15.5. The van der Waals surface area contributed by atoms with Crippen LogP contribution in [-0.2, 0) is 4.79 Å². The summed E-state index contributed by atoms with van der Waals surface area (Å²) in [6.07, 6.45) is 0.284. The van der Waals surface area contributed by atoms with Crippen molar-refractivity contribution in [1.29, 1.82) is 0 Å². The first-order valence-corrected chi connectivity index (χ1v) is 6.75. The summed E-state index contributed by atoms with van der Waals surface area (Å²) in [4.78, 5) is 23.6. The fraction of sp³-hybridized carbons (Fsp3) is 0.125. The van der Waals surface area contributed by atoms with Crippen LogP contribution in [0.15, 0.2) is 42.5 Å². The molecule has 0 radical (unpaired) electrons. The largest absolute Gasteiger partial charge is 0.491 e. The van der Waals surface area contributed by atoms with Crippen LogP contribution in [0.2, 0.25) is 0 Å². The molecule has 0 spiro atoms. The van der Waals surface area contributed by atoms with E-state index in [4.69, 9.17) is 4.74 Å². The fourth-order valence-corrected chi connectivity index (χ4v) is 2.10. The van der Waals surface area contributed by atoms with Crippen LogP contribution >= 0.6 is 0 Å². The van der Waals surface area contributed by atoms with Crippen molar-refractivity contribution in [1.82, 2.24) is 0 Å². The molecule has 1 aliphatic rings. The Balaban J connectivity index is 1.79. The smallest absolute Gasteiger partial charge is 0.255 e. The molecule has 112 valence electrons. The van der Waals surface area contributed by atoms with Gasteiger partial charge in [-0.05, 0) is 42.5 Å². The fourth-order valence-electron chi connectivity index (χ4n) is 2.10. The summed E-state index contributed by atoms with van der Waals surface area (Å²) in [5.41, 5.74) is 1.37. The summed E-state index contributed by atoms with van der Waals surface area (Å²) in [6, 6.07) is 10.2. The highest BCUT2D eigenvalue weighted by Crippen LogP contribution is 2.30. The highest BCUT2D eigenvalue weighted by molar-refractivity contribution is 6.05. The number of fused-ring (bicyclic) bond motifs is 1. The van der Waals surface area contributed by atoms with Crippen LogP contribution in [0.3, 0.4) is 0 Å². The second-order valence-corrected chi connectivity index (χ2v) is 4.82. The van der Waals surface area contributed by atoms with Crippen molar-refractivity contribution in [3.63, 3.8) is 0 Å². The molecule has 3 rings (SSSR count). The minimum Gasteiger partial charge on any atom is -0.491 e. The Morgan fingerprint density at radius 2 is 1.95 bits per heavy atom. The summed E-state index contributed by atoms with van der Waals surface area (Å²) >= 11 is 0. The number of halogens is 1. The van der Waals surface area contributed by atoms with Crippen LogP contribution in [0.5, 0.6) is 5.75 Å². The zero-order valence-electron chi connectivity index (χ0n) is 11.6. The van der Waals surface area contributed by atoms with E-state index in [1.807, 2.05) is 0 Å². The first kappa shape index (κ1) is 14.1. The number of anilines is 2. The number of rotatable bonds is 2. The molecule has 1 aliphatic heterocycles. The predicted molar refractivity (Wildman–Crippen MR) is 79.5 cm³/mol. The standard InChI is InChI=1S/C16H13FN2O3/c17-11-3-1-10(2-4-11)16(21)18-12-5-6-14-13(9-12)19-15(20)7-8-22-14/h1-6,9H,7-8H2,(H,18,21)(H,19,20). The van der Waals surface area contributed by atoms with E-state index in [1.54, 1.807) is 18.2 Å². The van der Waals surface area contributed by atoms with Crippen LogP contribution in [0.1, 0.15) is 16.8 Å². The minimum atomic E-state index is -0.401. The van der Waals surface area contributed by atoms with Crippen molar-refractivity contribution in [3.8, 4) is 5.75 Å². The summed E-state index contributed by atoms with van der Waals surface area (Å²) in [5.74, 6) is -0.339. The van der Waals surface area contributed by atoms with E-state index in [0.29, 0.717) is 29.3 Å². The number of carbonyl (C=O) groups is 2. The molecule has 0 atom stereocenters. The molecule has 0 unspecified atom stereocenters. The maximum Gasteiger partial charge on any atom is 0.255 e. The molecule has 2 amide bonds. The summed E-state index contributed by atoms with van der Waals surface area (Å²) in [6.45, 7) is 0.320. The number of carbonyl (C=O) groups excluding carboxylic acids is 2. The molecule has 1 heterocycles. The first-order valence-electron chi connectivity index (χ1n) is 6.75. The Morgan fingerprint density at radius 1 is 1.18 bits per heavy atom. The van der Waals surface area contributed by atoms with Gasteiger partial charge in [-0.15, -0.1) is 0 Å². The summed E-state index contributed by atoms with van der Waals surface area (Å²) < 4.78 is 18.3. The number of hydrogen-bond donors (Lipinski definition) is 2. The highest BCUT2D eigenvalue weighted by atomic mass is 19.1. The van der Waals surface area contributed by atoms with Gasteiger partial charge in [-0.25, -0.2) is 4.39 Å². The van der Waals surface area contributed by atoms with Gasteiger partial charge in [-0.2, -0.15) is 0 Å². The molecular weight excluding hydrogens is 287 g/mol. The number of benzene rings is 2. The van der Waals surface area contributed by atoms with Gasteiger partial charge < -0.3 is 15.4 Å². The Labute approximate surface area is 126 Å². The minimum absolute atomic E-state index is 0.138. The van der Waals surface area contributed by atoms with Crippen LogP contribution in [0, 0.1) is 5.82 Å². The molecule has 0 aromatic heterocycles. The van der Waals surface area contributed by atoms with Crippen molar-refractivity contribution < 1.29 is 18.7 Å². The Bertz CT molecular complexity index is 729. The Morgan fingerprint density at radius 3 is 2.73 bits per heavy atom. The molecule has 0 aliphatic carbocycles.